The van der Waals surface area contributed by atoms with Crippen molar-refractivity contribution in [2.45, 2.75) is 19.1 Å². The predicted octanol–water partition coefficient (Wildman–Crippen LogP) is 0.897. The minimum absolute atomic E-state index is 0.188. The zero-order valence-electron chi connectivity index (χ0n) is 7.44. The van der Waals surface area contributed by atoms with Crippen LogP contribution in [0.5, 0.6) is 0 Å². The molecule has 0 aliphatic carbocycles. The molecular weight excluding hydrogens is 250 g/mol. The normalized spacial score (nSPS) is 21.4. The second-order valence-electron chi connectivity index (χ2n) is 3.13. The van der Waals surface area contributed by atoms with Gasteiger partial charge in [0.05, 0.1) is 4.47 Å². The summed E-state index contributed by atoms with van der Waals surface area (Å²) in [4.78, 5) is 15.1. The summed E-state index contributed by atoms with van der Waals surface area (Å²) in [7, 11) is 0. The van der Waals surface area contributed by atoms with Crippen molar-refractivity contribution in [2.75, 3.05) is 12.3 Å². The number of hydrogen-bond acceptors (Lipinski definition) is 4. The molecule has 0 bridgehead atoms. The minimum Gasteiger partial charge on any atom is -0.383 e. The van der Waals surface area contributed by atoms with E-state index in [1.54, 1.807) is 6.20 Å². The fourth-order valence-corrected chi connectivity index (χ4v) is 1.75. The Bertz CT molecular complexity index is 398. The van der Waals surface area contributed by atoms with Gasteiger partial charge in [0.25, 0.3) is 0 Å². The fourth-order valence-electron chi connectivity index (χ4n) is 1.44. The van der Waals surface area contributed by atoms with Gasteiger partial charge in [-0.05, 0) is 28.8 Å². The van der Waals surface area contributed by atoms with E-state index >= 15 is 0 Å². The van der Waals surface area contributed by atoms with E-state index < -0.39 is 0 Å². The van der Waals surface area contributed by atoms with Crippen LogP contribution < -0.4 is 11.4 Å². The molecule has 2 N–H and O–H groups in total. The Morgan fingerprint density at radius 1 is 1.71 bits per heavy atom. The number of nitrogens with zero attached hydrogens (tertiary/aromatic N) is 2. The van der Waals surface area contributed by atoms with Gasteiger partial charge >= 0.3 is 5.69 Å². The van der Waals surface area contributed by atoms with E-state index in [1.807, 2.05) is 0 Å². The van der Waals surface area contributed by atoms with Crippen molar-refractivity contribution in [3.05, 3.63) is 21.2 Å². The lowest BCUT2D eigenvalue weighted by molar-refractivity contribution is 0.0526. The average Bonchev–Trinajstić information content (AvgIpc) is 2.64. The Kier molecular flexibility index (Phi) is 2.56. The molecular formula is C8H10BrN3O2. The van der Waals surface area contributed by atoms with Crippen LogP contribution in [0.15, 0.2) is 15.5 Å². The first-order chi connectivity index (χ1) is 6.68. The highest BCUT2D eigenvalue weighted by molar-refractivity contribution is 9.10. The molecule has 76 valence electrons. The lowest BCUT2D eigenvalue weighted by atomic mass is 10.3. The first kappa shape index (κ1) is 9.67. The first-order valence-corrected chi connectivity index (χ1v) is 5.13. The molecule has 14 heavy (non-hydrogen) atoms. The lowest BCUT2D eigenvalue weighted by Gasteiger charge is -2.12. The van der Waals surface area contributed by atoms with Crippen molar-refractivity contribution in [1.29, 1.82) is 0 Å². The fraction of sp³-hybridized carbons (Fsp3) is 0.500. The summed E-state index contributed by atoms with van der Waals surface area (Å²) in [5.74, 6) is 0.212. The highest BCUT2D eigenvalue weighted by Gasteiger charge is 2.19. The van der Waals surface area contributed by atoms with Crippen LogP contribution in [0.25, 0.3) is 0 Å². The number of aromatic nitrogens is 2. The molecule has 0 unspecified atom stereocenters. The number of hydrogen-bond donors (Lipinski definition) is 1. The molecule has 0 saturated carbocycles. The van der Waals surface area contributed by atoms with Gasteiger partial charge in [-0.25, -0.2) is 4.79 Å². The van der Waals surface area contributed by atoms with Crippen LogP contribution in [0.1, 0.15) is 19.1 Å². The summed E-state index contributed by atoms with van der Waals surface area (Å²) >= 11 is 3.22. The van der Waals surface area contributed by atoms with Crippen molar-refractivity contribution in [3.8, 4) is 0 Å². The minimum atomic E-state index is -0.363. The molecule has 1 atom stereocenters. The highest BCUT2D eigenvalue weighted by atomic mass is 79.9. The highest BCUT2D eigenvalue weighted by Crippen LogP contribution is 2.23. The predicted molar refractivity (Wildman–Crippen MR) is 54.8 cm³/mol. The van der Waals surface area contributed by atoms with E-state index in [2.05, 4.69) is 20.9 Å². The van der Waals surface area contributed by atoms with Crippen LogP contribution >= 0.6 is 15.9 Å². The van der Waals surface area contributed by atoms with Gasteiger partial charge in [0.15, 0.2) is 0 Å². The van der Waals surface area contributed by atoms with Gasteiger partial charge in [-0.3, -0.25) is 4.57 Å². The molecule has 0 amide bonds. The Balaban J connectivity index is 2.42. The molecule has 1 aromatic heterocycles. The zero-order valence-corrected chi connectivity index (χ0v) is 9.03. The van der Waals surface area contributed by atoms with Gasteiger partial charge in [-0.15, -0.1) is 0 Å². The Morgan fingerprint density at radius 2 is 2.50 bits per heavy atom. The third-order valence-electron chi connectivity index (χ3n) is 2.15. The van der Waals surface area contributed by atoms with Crippen LogP contribution in [0.4, 0.5) is 5.82 Å². The van der Waals surface area contributed by atoms with Gasteiger partial charge in [0.1, 0.15) is 12.0 Å². The monoisotopic (exact) mass is 259 g/mol. The van der Waals surface area contributed by atoms with E-state index in [0.29, 0.717) is 11.1 Å². The Hall–Kier alpha value is -0.880. The number of halogens is 1. The van der Waals surface area contributed by atoms with Crippen LogP contribution in [0.2, 0.25) is 0 Å². The van der Waals surface area contributed by atoms with Crippen LogP contribution in [0, 0.1) is 0 Å². The zero-order chi connectivity index (χ0) is 10.1. The molecule has 1 saturated heterocycles. The van der Waals surface area contributed by atoms with Crippen molar-refractivity contribution in [1.82, 2.24) is 9.55 Å². The molecule has 6 heteroatoms. The maximum absolute atomic E-state index is 11.5. The van der Waals surface area contributed by atoms with E-state index in [1.165, 1.54) is 4.57 Å². The summed E-state index contributed by atoms with van der Waals surface area (Å²) in [6, 6.07) is 0. The van der Waals surface area contributed by atoms with E-state index in [0.717, 1.165) is 12.8 Å². The summed E-state index contributed by atoms with van der Waals surface area (Å²) in [6.07, 6.45) is 3.25. The van der Waals surface area contributed by atoms with Crippen LogP contribution in [-0.2, 0) is 4.74 Å². The van der Waals surface area contributed by atoms with Crippen molar-refractivity contribution in [3.63, 3.8) is 0 Å². The van der Waals surface area contributed by atoms with Crippen molar-refractivity contribution in [2.24, 2.45) is 0 Å². The number of nitrogens with two attached hydrogens (primary N) is 1. The number of rotatable bonds is 1. The largest absolute Gasteiger partial charge is 0.383 e. The number of anilines is 1. The topological polar surface area (TPSA) is 70.1 Å². The average molecular weight is 260 g/mol. The second kappa shape index (κ2) is 3.70. The van der Waals surface area contributed by atoms with Gasteiger partial charge in [-0.1, -0.05) is 0 Å². The molecule has 0 aromatic carbocycles. The van der Waals surface area contributed by atoms with Gasteiger partial charge in [-0.2, -0.15) is 4.98 Å². The molecule has 0 radical (unpaired) electrons. The number of nitrogen functional groups attached to an aromatic ring is 1. The van der Waals surface area contributed by atoms with E-state index in [-0.39, 0.29) is 17.7 Å². The smallest absolute Gasteiger partial charge is 0.351 e. The molecule has 1 aromatic rings. The first-order valence-electron chi connectivity index (χ1n) is 4.34. The summed E-state index contributed by atoms with van der Waals surface area (Å²) in [5.41, 5.74) is 5.11. The SMILES string of the molecule is Nc1nc(=O)n([C@H]2CCCO2)cc1Br. The maximum atomic E-state index is 11.5. The third-order valence-corrected chi connectivity index (χ3v) is 2.76. The molecule has 1 aliphatic rings. The van der Waals surface area contributed by atoms with Crippen LogP contribution in [-0.4, -0.2) is 16.2 Å². The number of ether oxygens (including phenoxy) is 1. The Morgan fingerprint density at radius 3 is 3.14 bits per heavy atom. The Labute approximate surface area is 89.0 Å². The van der Waals surface area contributed by atoms with Crippen LogP contribution in [0.3, 0.4) is 0 Å². The van der Waals surface area contributed by atoms with Gasteiger partial charge < -0.3 is 10.5 Å². The van der Waals surface area contributed by atoms with Gasteiger partial charge in [0, 0.05) is 12.8 Å². The summed E-state index contributed by atoms with van der Waals surface area (Å²) < 4.78 is 7.46. The molecule has 0 spiro atoms. The summed E-state index contributed by atoms with van der Waals surface area (Å²) in [6.45, 7) is 0.694. The van der Waals surface area contributed by atoms with E-state index in [4.69, 9.17) is 10.5 Å². The molecule has 5 nitrogen and oxygen atoms in total. The molecule has 2 heterocycles. The van der Waals surface area contributed by atoms with Gasteiger partial charge in [0.2, 0.25) is 0 Å². The lowest BCUT2D eigenvalue weighted by Crippen LogP contribution is -2.27. The maximum Gasteiger partial charge on any atom is 0.351 e. The van der Waals surface area contributed by atoms with Crippen molar-refractivity contribution >= 4 is 21.7 Å². The third kappa shape index (κ3) is 1.67. The molecule has 1 fully saturated rings. The van der Waals surface area contributed by atoms with E-state index in [9.17, 15) is 4.79 Å². The quantitative estimate of drug-likeness (QED) is 0.814. The second-order valence-corrected chi connectivity index (χ2v) is 3.99. The standard InChI is InChI=1S/C8H10BrN3O2/c9-5-4-12(6-2-1-3-14-6)8(13)11-7(5)10/h4,6H,1-3H2,(H2,10,11,13)/t6-/m1/s1. The molecule has 1 aliphatic heterocycles. The summed E-state index contributed by atoms with van der Waals surface area (Å²) in [5, 5.41) is 0. The molecule has 2 rings (SSSR count). The van der Waals surface area contributed by atoms with Crippen molar-refractivity contribution < 1.29 is 4.74 Å².